The fourth-order valence-corrected chi connectivity index (χ4v) is 2.84. The molecular weight excluding hydrogens is 252 g/mol. The van der Waals surface area contributed by atoms with Gasteiger partial charge in [0.25, 0.3) is 0 Å². The molecular formula is C16H20N2O2. The van der Waals surface area contributed by atoms with Crippen molar-refractivity contribution in [3.63, 3.8) is 0 Å². The first-order chi connectivity index (χ1) is 9.83. The van der Waals surface area contributed by atoms with Crippen molar-refractivity contribution in [1.82, 2.24) is 10.1 Å². The van der Waals surface area contributed by atoms with Crippen molar-refractivity contribution in [2.24, 2.45) is 0 Å². The van der Waals surface area contributed by atoms with Crippen molar-refractivity contribution < 1.29 is 9.63 Å². The molecule has 3 rings (SSSR count). The van der Waals surface area contributed by atoms with Gasteiger partial charge in [-0.2, -0.15) is 4.98 Å². The van der Waals surface area contributed by atoms with Gasteiger partial charge in [0, 0.05) is 6.42 Å². The number of benzene rings is 1. The normalized spacial score (nSPS) is 23.4. The van der Waals surface area contributed by atoms with Crippen LogP contribution in [0.15, 0.2) is 34.9 Å². The van der Waals surface area contributed by atoms with Gasteiger partial charge in [0.1, 0.15) is 0 Å². The van der Waals surface area contributed by atoms with Crippen LogP contribution in [0.1, 0.15) is 55.3 Å². The van der Waals surface area contributed by atoms with Crippen LogP contribution in [-0.2, 0) is 6.42 Å². The van der Waals surface area contributed by atoms with Gasteiger partial charge in [0.15, 0.2) is 5.82 Å². The number of aliphatic hydroxyl groups is 1. The van der Waals surface area contributed by atoms with Crippen LogP contribution >= 0.6 is 0 Å². The molecule has 4 nitrogen and oxygen atoms in total. The molecule has 1 heterocycles. The van der Waals surface area contributed by atoms with E-state index in [4.69, 9.17) is 4.52 Å². The van der Waals surface area contributed by atoms with E-state index in [1.807, 2.05) is 18.2 Å². The van der Waals surface area contributed by atoms with Crippen LogP contribution in [0.3, 0.4) is 0 Å². The highest BCUT2D eigenvalue weighted by Crippen LogP contribution is 2.31. The Morgan fingerprint density at radius 3 is 2.75 bits per heavy atom. The standard InChI is InChI=1S/C16H20N2O2/c19-14-10-6-2-5-9-13(14)16-17-15(18-20-16)11-12-7-3-1-4-8-12/h1,3-4,7-8,13-14,19H,2,5-6,9-11H2. The van der Waals surface area contributed by atoms with Crippen molar-refractivity contribution in [3.8, 4) is 0 Å². The maximum atomic E-state index is 10.2. The molecule has 2 unspecified atom stereocenters. The van der Waals surface area contributed by atoms with Crippen molar-refractivity contribution >= 4 is 0 Å². The van der Waals surface area contributed by atoms with Crippen LogP contribution in [0.2, 0.25) is 0 Å². The summed E-state index contributed by atoms with van der Waals surface area (Å²) in [4.78, 5) is 4.48. The van der Waals surface area contributed by atoms with Crippen LogP contribution in [0.5, 0.6) is 0 Å². The first kappa shape index (κ1) is 13.3. The van der Waals surface area contributed by atoms with Crippen LogP contribution in [-0.4, -0.2) is 21.4 Å². The lowest BCUT2D eigenvalue weighted by molar-refractivity contribution is 0.119. The second-order valence-corrected chi connectivity index (χ2v) is 5.52. The van der Waals surface area contributed by atoms with Gasteiger partial charge in [-0.05, 0) is 18.4 Å². The number of hydrogen-bond acceptors (Lipinski definition) is 4. The fourth-order valence-electron chi connectivity index (χ4n) is 2.84. The zero-order valence-electron chi connectivity index (χ0n) is 11.5. The zero-order valence-corrected chi connectivity index (χ0v) is 11.5. The maximum absolute atomic E-state index is 10.2. The molecule has 1 aromatic carbocycles. The minimum absolute atomic E-state index is 0.00882. The lowest BCUT2D eigenvalue weighted by atomic mass is 9.97. The van der Waals surface area contributed by atoms with Gasteiger partial charge in [0.05, 0.1) is 12.0 Å². The molecule has 1 saturated carbocycles. The molecule has 2 atom stereocenters. The highest BCUT2D eigenvalue weighted by atomic mass is 16.5. The third-order valence-electron chi connectivity index (χ3n) is 3.99. The summed E-state index contributed by atoms with van der Waals surface area (Å²) in [7, 11) is 0. The first-order valence-corrected chi connectivity index (χ1v) is 7.37. The van der Waals surface area contributed by atoms with E-state index in [0.29, 0.717) is 18.1 Å². The molecule has 106 valence electrons. The Hall–Kier alpha value is -1.68. The van der Waals surface area contributed by atoms with Crippen molar-refractivity contribution in [2.45, 2.75) is 50.5 Å². The van der Waals surface area contributed by atoms with Crippen molar-refractivity contribution in [2.75, 3.05) is 0 Å². The van der Waals surface area contributed by atoms with Crippen molar-refractivity contribution in [1.29, 1.82) is 0 Å². The lowest BCUT2D eigenvalue weighted by Crippen LogP contribution is -2.17. The summed E-state index contributed by atoms with van der Waals surface area (Å²) in [5.41, 5.74) is 1.17. The Bertz CT molecular complexity index is 538. The average Bonchev–Trinajstić information content (AvgIpc) is 2.81. The second kappa shape index (κ2) is 6.18. The minimum atomic E-state index is -0.345. The van der Waals surface area contributed by atoms with E-state index < -0.39 is 0 Å². The summed E-state index contributed by atoms with van der Waals surface area (Å²) in [5, 5.41) is 14.2. The van der Waals surface area contributed by atoms with E-state index in [9.17, 15) is 5.11 Å². The molecule has 0 spiro atoms. The van der Waals surface area contributed by atoms with E-state index in [0.717, 1.165) is 25.7 Å². The summed E-state index contributed by atoms with van der Waals surface area (Å²) >= 11 is 0. The summed E-state index contributed by atoms with van der Waals surface area (Å²) < 4.78 is 5.38. The summed E-state index contributed by atoms with van der Waals surface area (Å²) in [6, 6.07) is 10.1. The average molecular weight is 272 g/mol. The molecule has 2 aromatic rings. The Labute approximate surface area is 118 Å². The summed E-state index contributed by atoms with van der Waals surface area (Å²) in [5.74, 6) is 1.31. The smallest absolute Gasteiger partial charge is 0.232 e. The molecule has 0 bridgehead atoms. The van der Waals surface area contributed by atoms with Gasteiger partial charge in [-0.25, -0.2) is 0 Å². The first-order valence-electron chi connectivity index (χ1n) is 7.37. The Balaban J connectivity index is 1.72. The van der Waals surface area contributed by atoms with E-state index in [1.54, 1.807) is 0 Å². The van der Waals surface area contributed by atoms with Gasteiger partial charge in [0.2, 0.25) is 5.89 Å². The highest BCUT2D eigenvalue weighted by Gasteiger charge is 2.28. The van der Waals surface area contributed by atoms with Gasteiger partial charge in [-0.1, -0.05) is 54.8 Å². The number of hydrogen-bond donors (Lipinski definition) is 1. The van der Waals surface area contributed by atoms with Gasteiger partial charge >= 0.3 is 0 Å². The third-order valence-corrected chi connectivity index (χ3v) is 3.99. The number of rotatable bonds is 3. The zero-order chi connectivity index (χ0) is 13.8. The third kappa shape index (κ3) is 3.07. The number of aliphatic hydroxyl groups excluding tert-OH is 1. The van der Waals surface area contributed by atoms with Crippen molar-refractivity contribution in [3.05, 3.63) is 47.6 Å². The van der Waals surface area contributed by atoms with Crippen LogP contribution < -0.4 is 0 Å². The predicted octanol–water partition coefficient (Wildman–Crippen LogP) is 3.07. The van der Waals surface area contributed by atoms with E-state index in [2.05, 4.69) is 22.3 Å². The Morgan fingerprint density at radius 2 is 1.90 bits per heavy atom. The molecule has 20 heavy (non-hydrogen) atoms. The molecule has 1 aliphatic rings. The van der Waals surface area contributed by atoms with Gasteiger partial charge in [-0.3, -0.25) is 0 Å². The van der Waals surface area contributed by atoms with E-state index in [1.165, 1.54) is 12.0 Å². The molecule has 4 heteroatoms. The minimum Gasteiger partial charge on any atom is -0.392 e. The van der Waals surface area contributed by atoms with Crippen LogP contribution in [0, 0.1) is 0 Å². The second-order valence-electron chi connectivity index (χ2n) is 5.52. The monoisotopic (exact) mass is 272 g/mol. The molecule has 0 saturated heterocycles. The molecule has 1 aliphatic carbocycles. The topological polar surface area (TPSA) is 59.2 Å². The molecule has 0 aliphatic heterocycles. The largest absolute Gasteiger partial charge is 0.392 e. The van der Waals surface area contributed by atoms with Crippen LogP contribution in [0.4, 0.5) is 0 Å². The Morgan fingerprint density at radius 1 is 1.10 bits per heavy atom. The number of aromatic nitrogens is 2. The number of nitrogens with zero attached hydrogens (tertiary/aromatic N) is 2. The molecule has 1 fully saturated rings. The van der Waals surface area contributed by atoms with E-state index in [-0.39, 0.29) is 12.0 Å². The van der Waals surface area contributed by atoms with Crippen LogP contribution in [0.25, 0.3) is 0 Å². The maximum Gasteiger partial charge on any atom is 0.232 e. The lowest BCUT2D eigenvalue weighted by Gasteiger charge is -2.15. The molecule has 1 N–H and O–H groups in total. The fraction of sp³-hybridized carbons (Fsp3) is 0.500. The molecule has 0 radical (unpaired) electrons. The van der Waals surface area contributed by atoms with Gasteiger partial charge < -0.3 is 9.63 Å². The van der Waals surface area contributed by atoms with E-state index >= 15 is 0 Å². The molecule has 1 aromatic heterocycles. The van der Waals surface area contributed by atoms with Gasteiger partial charge in [-0.15, -0.1) is 0 Å². The summed E-state index contributed by atoms with van der Waals surface area (Å²) in [6.45, 7) is 0. The SMILES string of the molecule is OC1CCCCCC1c1nc(Cc2ccccc2)no1. The quantitative estimate of drug-likeness (QED) is 0.872. The highest BCUT2D eigenvalue weighted by molar-refractivity contribution is 5.18. The molecule has 0 amide bonds. The summed E-state index contributed by atoms with van der Waals surface area (Å²) in [6.07, 6.45) is 5.49. The Kier molecular flexibility index (Phi) is 4.11. The predicted molar refractivity (Wildman–Crippen MR) is 75.4 cm³/mol.